The second-order valence-corrected chi connectivity index (χ2v) is 4.53. The van der Waals surface area contributed by atoms with Crippen LogP contribution in [0.15, 0.2) is 36.4 Å². The van der Waals surface area contributed by atoms with E-state index in [-0.39, 0.29) is 0 Å². The third-order valence-electron chi connectivity index (χ3n) is 2.83. The first-order chi connectivity index (χ1) is 9.19. The number of anilines is 2. The van der Waals surface area contributed by atoms with Gasteiger partial charge in [0.25, 0.3) is 0 Å². The van der Waals surface area contributed by atoms with E-state index in [9.17, 15) is 0 Å². The maximum atomic E-state index is 4.52. The largest absolute Gasteiger partial charge is 0.370 e. The molecule has 4 heteroatoms. The summed E-state index contributed by atoms with van der Waals surface area (Å²) in [7, 11) is 2.05. The normalized spacial score (nSPS) is 10.3. The minimum Gasteiger partial charge on any atom is -0.370 e. The molecule has 0 fully saturated rings. The van der Waals surface area contributed by atoms with Gasteiger partial charge in [0.2, 0.25) is 0 Å². The Morgan fingerprint density at radius 1 is 1.16 bits per heavy atom. The number of aryl methyl sites for hydroxylation is 1. The minimum absolute atomic E-state index is 0.698. The Morgan fingerprint density at radius 3 is 2.58 bits per heavy atom. The van der Waals surface area contributed by atoms with Crippen LogP contribution in [0.1, 0.15) is 18.4 Å². The molecule has 19 heavy (non-hydrogen) atoms. The van der Waals surface area contributed by atoms with Gasteiger partial charge < -0.3 is 10.2 Å². The van der Waals surface area contributed by atoms with Crippen molar-refractivity contribution in [3.05, 3.63) is 47.9 Å². The fourth-order valence-corrected chi connectivity index (χ4v) is 1.96. The number of benzene rings is 1. The van der Waals surface area contributed by atoms with Crippen LogP contribution < -0.4 is 10.2 Å². The van der Waals surface area contributed by atoms with Crippen LogP contribution in [0.25, 0.3) is 0 Å². The number of para-hydroxylation sites is 1. The van der Waals surface area contributed by atoms with Crippen LogP contribution in [0.2, 0.25) is 0 Å². The number of rotatable bonds is 5. The summed E-state index contributed by atoms with van der Waals surface area (Å²) in [6, 6.07) is 12.2. The average Bonchev–Trinajstić information content (AvgIpc) is 2.39. The lowest BCUT2D eigenvalue weighted by Gasteiger charge is -2.18. The topological polar surface area (TPSA) is 41.1 Å². The summed E-state index contributed by atoms with van der Waals surface area (Å²) in [5.74, 6) is 1.73. The fraction of sp³-hybridized carbons (Fsp3) is 0.333. The second-order valence-electron chi connectivity index (χ2n) is 4.53. The molecular weight excluding hydrogens is 236 g/mol. The van der Waals surface area contributed by atoms with Gasteiger partial charge in [0.15, 0.2) is 0 Å². The summed E-state index contributed by atoms with van der Waals surface area (Å²) >= 11 is 0. The summed E-state index contributed by atoms with van der Waals surface area (Å²) in [6.45, 7) is 5.62. The zero-order valence-corrected chi connectivity index (χ0v) is 11.7. The molecule has 1 aromatic carbocycles. The molecule has 1 heterocycles. The van der Waals surface area contributed by atoms with E-state index < -0.39 is 0 Å². The molecule has 0 amide bonds. The first-order valence-electron chi connectivity index (χ1n) is 6.53. The van der Waals surface area contributed by atoms with Gasteiger partial charge >= 0.3 is 0 Å². The summed E-state index contributed by atoms with van der Waals surface area (Å²) < 4.78 is 0. The standard InChI is InChI=1S/C15H20N4/c1-4-16-14-10-12(2)17-15(18-14)11-19(3)13-8-6-5-7-9-13/h5-10H,4,11H2,1-3H3,(H,16,17,18). The molecule has 1 N–H and O–H groups in total. The third-order valence-corrected chi connectivity index (χ3v) is 2.83. The van der Waals surface area contributed by atoms with Crippen LogP contribution in [0.3, 0.4) is 0 Å². The lowest BCUT2D eigenvalue weighted by atomic mass is 10.3. The van der Waals surface area contributed by atoms with Crippen LogP contribution in [-0.4, -0.2) is 23.6 Å². The third kappa shape index (κ3) is 3.68. The number of nitrogens with one attached hydrogen (secondary N) is 1. The highest BCUT2D eigenvalue weighted by atomic mass is 15.1. The lowest BCUT2D eigenvalue weighted by Crippen LogP contribution is -2.19. The number of hydrogen-bond acceptors (Lipinski definition) is 4. The summed E-state index contributed by atoms with van der Waals surface area (Å²) in [4.78, 5) is 11.2. The van der Waals surface area contributed by atoms with Gasteiger partial charge in [-0.25, -0.2) is 9.97 Å². The number of aromatic nitrogens is 2. The van der Waals surface area contributed by atoms with Crippen LogP contribution in [0.5, 0.6) is 0 Å². The van der Waals surface area contributed by atoms with Gasteiger partial charge in [-0.1, -0.05) is 18.2 Å². The van der Waals surface area contributed by atoms with E-state index in [1.165, 1.54) is 0 Å². The number of nitrogens with zero attached hydrogens (tertiary/aromatic N) is 3. The van der Waals surface area contributed by atoms with E-state index in [0.717, 1.165) is 29.6 Å². The van der Waals surface area contributed by atoms with Crippen molar-refractivity contribution < 1.29 is 0 Å². The average molecular weight is 256 g/mol. The maximum Gasteiger partial charge on any atom is 0.150 e. The molecular formula is C15H20N4. The second kappa shape index (κ2) is 6.18. The van der Waals surface area contributed by atoms with Gasteiger partial charge in [0.05, 0.1) is 6.54 Å². The molecule has 4 nitrogen and oxygen atoms in total. The summed E-state index contributed by atoms with van der Waals surface area (Å²) in [5.41, 5.74) is 2.15. The van der Waals surface area contributed by atoms with Gasteiger partial charge in [0.1, 0.15) is 11.6 Å². The smallest absolute Gasteiger partial charge is 0.150 e. The SMILES string of the molecule is CCNc1cc(C)nc(CN(C)c2ccccc2)n1. The molecule has 100 valence electrons. The zero-order valence-electron chi connectivity index (χ0n) is 11.7. The molecule has 0 unspecified atom stereocenters. The van der Waals surface area contributed by atoms with Crippen molar-refractivity contribution in [3.63, 3.8) is 0 Å². The van der Waals surface area contributed by atoms with Gasteiger partial charge in [-0.15, -0.1) is 0 Å². The number of hydrogen-bond donors (Lipinski definition) is 1. The first kappa shape index (κ1) is 13.3. The van der Waals surface area contributed by atoms with Gasteiger partial charge in [-0.05, 0) is 26.0 Å². The molecule has 0 aliphatic heterocycles. The fourth-order valence-electron chi connectivity index (χ4n) is 1.96. The molecule has 0 aliphatic rings. The molecule has 0 bridgehead atoms. The van der Waals surface area contributed by atoms with Gasteiger partial charge in [-0.3, -0.25) is 0 Å². The molecule has 0 aliphatic carbocycles. The summed E-state index contributed by atoms with van der Waals surface area (Å²) in [6.07, 6.45) is 0. The van der Waals surface area contributed by atoms with Crippen molar-refractivity contribution in [2.45, 2.75) is 20.4 Å². The Bertz CT molecular complexity index is 525. The van der Waals surface area contributed by atoms with E-state index in [0.29, 0.717) is 6.54 Å². The van der Waals surface area contributed by atoms with Crippen molar-refractivity contribution in [2.24, 2.45) is 0 Å². The maximum absolute atomic E-state index is 4.52. The molecule has 0 saturated carbocycles. The Kier molecular flexibility index (Phi) is 4.34. The van der Waals surface area contributed by atoms with Crippen molar-refractivity contribution in [1.82, 2.24) is 9.97 Å². The summed E-state index contributed by atoms with van der Waals surface area (Å²) in [5, 5.41) is 3.23. The van der Waals surface area contributed by atoms with Gasteiger partial charge in [-0.2, -0.15) is 0 Å². The van der Waals surface area contributed by atoms with E-state index >= 15 is 0 Å². The van der Waals surface area contributed by atoms with Crippen LogP contribution in [0.4, 0.5) is 11.5 Å². The first-order valence-corrected chi connectivity index (χ1v) is 6.53. The van der Waals surface area contributed by atoms with Crippen LogP contribution in [0, 0.1) is 6.92 Å². The van der Waals surface area contributed by atoms with Gasteiger partial charge in [0, 0.05) is 31.0 Å². The Balaban J connectivity index is 2.14. The Labute approximate surface area is 114 Å². The molecule has 2 aromatic rings. The molecule has 0 saturated heterocycles. The van der Waals surface area contributed by atoms with Crippen LogP contribution in [-0.2, 0) is 6.54 Å². The Morgan fingerprint density at radius 2 is 1.89 bits per heavy atom. The van der Waals surface area contributed by atoms with E-state index in [2.05, 4.69) is 39.2 Å². The monoisotopic (exact) mass is 256 g/mol. The molecule has 0 radical (unpaired) electrons. The zero-order chi connectivity index (χ0) is 13.7. The minimum atomic E-state index is 0.698. The molecule has 1 aromatic heterocycles. The quantitative estimate of drug-likeness (QED) is 0.893. The van der Waals surface area contributed by atoms with E-state index in [1.54, 1.807) is 0 Å². The highest BCUT2D eigenvalue weighted by Crippen LogP contribution is 2.14. The van der Waals surface area contributed by atoms with Crippen molar-refractivity contribution >= 4 is 11.5 Å². The van der Waals surface area contributed by atoms with Crippen molar-refractivity contribution in [1.29, 1.82) is 0 Å². The lowest BCUT2D eigenvalue weighted by molar-refractivity contribution is 0.828. The molecule has 0 atom stereocenters. The molecule has 2 rings (SSSR count). The Hall–Kier alpha value is -2.10. The predicted molar refractivity (Wildman–Crippen MR) is 79.5 cm³/mol. The molecule has 0 spiro atoms. The van der Waals surface area contributed by atoms with E-state index in [4.69, 9.17) is 0 Å². The highest BCUT2D eigenvalue weighted by molar-refractivity contribution is 5.45. The van der Waals surface area contributed by atoms with E-state index in [1.807, 2.05) is 38.2 Å². The predicted octanol–water partition coefficient (Wildman–Crippen LogP) is 2.85. The van der Waals surface area contributed by atoms with Crippen molar-refractivity contribution in [2.75, 3.05) is 23.8 Å². The highest BCUT2D eigenvalue weighted by Gasteiger charge is 2.06. The van der Waals surface area contributed by atoms with Crippen molar-refractivity contribution in [3.8, 4) is 0 Å². The van der Waals surface area contributed by atoms with Crippen LogP contribution >= 0.6 is 0 Å².